The second-order valence-electron chi connectivity index (χ2n) is 5.93. The van der Waals surface area contributed by atoms with Crippen molar-refractivity contribution in [3.05, 3.63) is 70.3 Å². The molecule has 0 aromatic heterocycles. The lowest BCUT2D eigenvalue weighted by Gasteiger charge is -2.31. The first-order chi connectivity index (χ1) is 10.1. The average molecular weight is 279 g/mol. The number of ketones is 1. The SMILES string of the molecule is Cc1ccc(C(=O)c2ccccc2CN2CCC2)c(C)c1. The number of benzene rings is 2. The number of nitrogens with zero attached hydrogens (tertiary/aromatic N) is 1. The van der Waals surface area contributed by atoms with E-state index in [0.29, 0.717) is 0 Å². The lowest BCUT2D eigenvalue weighted by atomic mass is 9.94. The molecule has 0 saturated carbocycles. The summed E-state index contributed by atoms with van der Waals surface area (Å²) in [5.74, 6) is 0.142. The molecule has 1 heterocycles. The lowest BCUT2D eigenvalue weighted by molar-refractivity contribution is 0.103. The van der Waals surface area contributed by atoms with Crippen LogP contribution in [0.15, 0.2) is 42.5 Å². The predicted molar refractivity (Wildman–Crippen MR) is 85.7 cm³/mol. The van der Waals surface area contributed by atoms with Crippen molar-refractivity contribution in [1.29, 1.82) is 0 Å². The number of carbonyl (C=O) groups is 1. The molecule has 0 radical (unpaired) electrons. The van der Waals surface area contributed by atoms with Gasteiger partial charge in [-0.1, -0.05) is 48.0 Å². The molecule has 0 N–H and O–H groups in total. The summed E-state index contributed by atoms with van der Waals surface area (Å²) in [4.78, 5) is 15.3. The van der Waals surface area contributed by atoms with Gasteiger partial charge in [-0.25, -0.2) is 0 Å². The van der Waals surface area contributed by atoms with Crippen molar-refractivity contribution < 1.29 is 4.79 Å². The maximum Gasteiger partial charge on any atom is 0.193 e. The van der Waals surface area contributed by atoms with Gasteiger partial charge in [0.2, 0.25) is 0 Å². The van der Waals surface area contributed by atoms with E-state index in [1.807, 2.05) is 37.3 Å². The number of likely N-dealkylation sites (tertiary alicyclic amines) is 1. The number of aryl methyl sites for hydroxylation is 2. The Hall–Kier alpha value is -1.93. The Balaban J connectivity index is 1.93. The first-order valence-electron chi connectivity index (χ1n) is 7.57. The van der Waals surface area contributed by atoms with Gasteiger partial charge < -0.3 is 0 Å². The van der Waals surface area contributed by atoms with Crippen molar-refractivity contribution in [2.45, 2.75) is 26.8 Å². The molecule has 2 heteroatoms. The van der Waals surface area contributed by atoms with Crippen LogP contribution in [0.1, 0.15) is 39.0 Å². The molecule has 0 spiro atoms. The number of rotatable bonds is 4. The van der Waals surface area contributed by atoms with Crippen molar-refractivity contribution in [1.82, 2.24) is 4.90 Å². The van der Waals surface area contributed by atoms with Crippen LogP contribution in [0.25, 0.3) is 0 Å². The quantitative estimate of drug-likeness (QED) is 0.795. The average Bonchev–Trinajstić information content (AvgIpc) is 2.43. The molecule has 21 heavy (non-hydrogen) atoms. The molecular weight excluding hydrogens is 258 g/mol. The third-order valence-corrected chi connectivity index (χ3v) is 4.23. The van der Waals surface area contributed by atoms with Crippen LogP contribution in [0.2, 0.25) is 0 Å². The van der Waals surface area contributed by atoms with E-state index in [1.165, 1.54) is 12.0 Å². The van der Waals surface area contributed by atoms with Gasteiger partial charge in [0.25, 0.3) is 0 Å². The first kappa shape index (κ1) is 14.0. The second-order valence-corrected chi connectivity index (χ2v) is 5.93. The molecule has 2 nitrogen and oxygen atoms in total. The van der Waals surface area contributed by atoms with Crippen LogP contribution in [0.5, 0.6) is 0 Å². The summed E-state index contributed by atoms with van der Waals surface area (Å²) in [5, 5.41) is 0. The number of carbonyl (C=O) groups excluding carboxylic acids is 1. The Morgan fingerprint density at radius 2 is 1.81 bits per heavy atom. The van der Waals surface area contributed by atoms with E-state index in [2.05, 4.69) is 24.0 Å². The topological polar surface area (TPSA) is 20.3 Å². The van der Waals surface area contributed by atoms with Crippen LogP contribution in [-0.4, -0.2) is 23.8 Å². The van der Waals surface area contributed by atoms with Gasteiger partial charge >= 0.3 is 0 Å². The highest BCUT2D eigenvalue weighted by Crippen LogP contribution is 2.21. The fraction of sp³-hybridized carbons (Fsp3) is 0.316. The lowest BCUT2D eigenvalue weighted by Crippen LogP contribution is -2.36. The summed E-state index contributed by atoms with van der Waals surface area (Å²) in [7, 11) is 0. The van der Waals surface area contributed by atoms with E-state index in [1.54, 1.807) is 0 Å². The Morgan fingerprint density at radius 3 is 2.48 bits per heavy atom. The van der Waals surface area contributed by atoms with E-state index >= 15 is 0 Å². The Labute approximate surface area is 126 Å². The zero-order valence-corrected chi connectivity index (χ0v) is 12.7. The van der Waals surface area contributed by atoms with E-state index < -0.39 is 0 Å². The van der Waals surface area contributed by atoms with Gasteiger partial charge in [0, 0.05) is 17.7 Å². The number of hydrogen-bond donors (Lipinski definition) is 0. The minimum atomic E-state index is 0.142. The third-order valence-electron chi connectivity index (χ3n) is 4.23. The standard InChI is InChI=1S/C19H21NO/c1-14-8-9-17(15(2)12-14)19(21)18-7-4-3-6-16(18)13-20-10-5-11-20/h3-4,6-9,12H,5,10-11,13H2,1-2H3. The van der Waals surface area contributed by atoms with Crippen LogP contribution in [0.3, 0.4) is 0 Å². The van der Waals surface area contributed by atoms with Crippen LogP contribution in [0, 0.1) is 13.8 Å². The van der Waals surface area contributed by atoms with Crippen molar-refractivity contribution in [3.8, 4) is 0 Å². The number of hydrogen-bond acceptors (Lipinski definition) is 2. The van der Waals surface area contributed by atoms with Crippen molar-refractivity contribution >= 4 is 5.78 Å². The molecule has 0 atom stereocenters. The van der Waals surface area contributed by atoms with Gasteiger partial charge in [-0.05, 0) is 44.5 Å². The smallest absolute Gasteiger partial charge is 0.193 e. The molecule has 3 rings (SSSR count). The maximum absolute atomic E-state index is 12.9. The molecule has 0 amide bonds. The fourth-order valence-corrected chi connectivity index (χ4v) is 2.87. The summed E-state index contributed by atoms with van der Waals surface area (Å²) in [6.07, 6.45) is 1.27. The highest BCUT2D eigenvalue weighted by Gasteiger charge is 2.19. The summed E-state index contributed by atoms with van der Waals surface area (Å²) in [5.41, 5.74) is 5.05. The Morgan fingerprint density at radius 1 is 1.05 bits per heavy atom. The second kappa shape index (κ2) is 5.82. The molecule has 2 aromatic carbocycles. The van der Waals surface area contributed by atoms with Crippen molar-refractivity contribution in [2.75, 3.05) is 13.1 Å². The van der Waals surface area contributed by atoms with Crippen LogP contribution in [-0.2, 0) is 6.54 Å². The Bertz CT molecular complexity index is 671. The molecule has 1 saturated heterocycles. The molecule has 0 aliphatic carbocycles. The summed E-state index contributed by atoms with van der Waals surface area (Å²) < 4.78 is 0. The molecule has 1 aliphatic heterocycles. The van der Waals surface area contributed by atoms with Gasteiger partial charge in [-0.3, -0.25) is 9.69 Å². The molecule has 0 bridgehead atoms. The highest BCUT2D eigenvalue weighted by atomic mass is 16.1. The van der Waals surface area contributed by atoms with E-state index in [-0.39, 0.29) is 5.78 Å². The fourth-order valence-electron chi connectivity index (χ4n) is 2.87. The van der Waals surface area contributed by atoms with E-state index in [9.17, 15) is 4.79 Å². The normalized spacial score (nSPS) is 14.8. The molecular formula is C19H21NO. The van der Waals surface area contributed by atoms with E-state index in [4.69, 9.17) is 0 Å². The van der Waals surface area contributed by atoms with Crippen LogP contribution < -0.4 is 0 Å². The molecule has 0 unspecified atom stereocenters. The van der Waals surface area contributed by atoms with Crippen LogP contribution >= 0.6 is 0 Å². The minimum absolute atomic E-state index is 0.142. The van der Waals surface area contributed by atoms with E-state index in [0.717, 1.165) is 41.9 Å². The zero-order valence-electron chi connectivity index (χ0n) is 12.7. The third kappa shape index (κ3) is 2.91. The molecule has 2 aromatic rings. The van der Waals surface area contributed by atoms with Gasteiger partial charge in [0.15, 0.2) is 5.78 Å². The maximum atomic E-state index is 12.9. The van der Waals surface area contributed by atoms with Crippen LogP contribution in [0.4, 0.5) is 0 Å². The summed E-state index contributed by atoms with van der Waals surface area (Å²) in [6, 6.07) is 14.0. The van der Waals surface area contributed by atoms with Gasteiger partial charge in [-0.15, -0.1) is 0 Å². The molecule has 108 valence electrons. The summed E-state index contributed by atoms with van der Waals surface area (Å²) in [6.45, 7) is 7.24. The Kier molecular flexibility index (Phi) is 3.89. The predicted octanol–water partition coefficient (Wildman–Crippen LogP) is 3.74. The first-order valence-corrected chi connectivity index (χ1v) is 7.57. The summed E-state index contributed by atoms with van der Waals surface area (Å²) >= 11 is 0. The van der Waals surface area contributed by atoms with Gasteiger partial charge in [0.1, 0.15) is 0 Å². The monoisotopic (exact) mass is 279 g/mol. The molecule has 1 aliphatic rings. The largest absolute Gasteiger partial charge is 0.299 e. The minimum Gasteiger partial charge on any atom is -0.299 e. The molecule has 1 fully saturated rings. The van der Waals surface area contributed by atoms with Gasteiger partial charge in [0.05, 0.1) is 0 Å². The zero-order chi connectivity index (χ0) is 14.8. The van der Waals surface area contributed by atoms with Crippen molar-refractivity contribution in [3.63, 3.8) is 0 Å². The highest BCUT2D eigenvalue weighted by molar-refractivity contribution is 6.10. The van der Waals surface area contributed by atoms with Gasteiger partial charge in [-0.2, -0.15) is 0 Å². The van der Waals surface area contributed by atoms with Crippen molar-refractivity contribution in [2.24, 2.45) is 0 Å².